The van der Waals surface area contributed by atoms with Crippen molar-refractivity contribution >= 4 is 0 Å². The maximum absolute atomic E-state index is 6.02. The van der Waals surface area contributed by atoms with Gasteiger partial charge < -0.3 is 18.9 Å². The molecule has 2 aliphatic rings. The number of benzene rings is 2. The van der Waals surface area contributed by atoms with Gasteiger partial charge in [-0.1, -0.05) is 50.3 Å². The Kier molecular flexibility index (Phi) is 6.49. The Bertz CT molecular complexity index is 938. The van der Waals surface area contributed by atoms with E-state index in [1.807, 2.05) is 12.2 Å². The summed E-state index contributed by atoms with van der Waals surface area (Å²) < 4.78 is 22.7. The van der Waals surface area contributed by atoms with Crippen molar-refractivity contribution in [1.29, 1.82) is 0 Å². The number of ether oxygens (including phenoxy) is 4. The van der Waals surface area contributed by atoms with Gasteiger partial charge in [-0.15, -0.1) is 13.2 Å². The SMILES string of the molecule is C=CCc1cc(C(C)(C)c2ccc(OC3CCO3)c(CC=C)c2)ccc1OCC1CO1. The first-order chi connectivity index (χ1) is 15.0. The molecule has 2 fully saturated rings. The number of hydrogen-bond donors (Lipinski definition) is 0. The summed E-state index contributed by atoms with van der Waals surface area (Å²) in [6.45, 7) is 14.5. The van der Waals surface area contributed by atoms with Crippen LogP contribution in [0.5, 0.6) is 11.5 Å². The van der Waals surface area contributed by atoms with Crippen molar-refractivity contribution < 1.29 is 18.9 Å². The zero-order chi connectivity index (χ0) is 21.8. The van der Waals surface area contributed by atoms with Crippen LogP contribution in [0.25, 0.3) is 0 Å². The van der Waals surface area contributed by atoms with Crippen molar-refractivity contribution in [2.45, 2.75) is 50.9 Å². The van der Waals surface area contributed by atoms with Crippen LogP contribution in [0.3, 0.4) is 0 Å². The lowest BCUT2D eigenvalue weighted by atomic mass is 9.76. The molecule has 2 aromatic carbocycles. The summed E-state index contributed by atoms with van der Waals surface area (Å²) in [7, 11) is 0. The highest BCUT2D eigenvalue weighted by Crippen LogP contribution is 2.37. The van der Waals surface area contributed by atoms with E-state index in [-0.39, 0.29) is 17.8 Å². The number of allylic oxidation sites excluding steroid dienone is 2. The third-order valence-corrected chi connectivity index (χ3v) is 6.04. The monoisotopic (exact) mass is 420 g/mol. The van der Waals surface area contributed by atoms with E-state index in [4.69, 9.17) is 18.9 Å². The van der Waals surface area contributed by atoms with E-state index in [1.54, 1.807) is 0 Å². The molecule has 164 valence electrons. The Morgan fingerprint density at radius 1 is 0.968 bits per heavy atom. The predicted octanol–water partition coefficient (Wildman–Crippen LogP) is 5.37. The van der Waals surface area contributed by atoms with Gasteiger partial charge in [-0.05, 0) is 47.2 Å². The van der Waals surface area contributed by atoms with E-state index in [9.17, 15) is 0 Å². The first-order valence-electron chi connectivity index (χ1n) is 11.0. The number of hydrogen-bond acceptors (Lipinski definition) is 4. The summed E-state index contributed by atoms with van der Waals surface area (Å²) in [5.41, 5.74) is 4.56. The first-order valence-corrected chi connectivity index (χ1v) is 11.0. The van der Waals surface area contributed by atoms with Crippen LogP contribution in [0.1, 0.15) is 42.5 Å². The molecule has 2 heterocycles. The highest BCUT2D eigenvalue weighted by atomic mass is 16.7. The average molecular weight is 421 g/mol. The average Bonchev–Trinajstić information content (AvgIpc) is 3.55. The van der Waals surface area contributed by atoms with E-state index in [0.29, 0.717) is 6.61 Å². The molecule has 0 saturated carbocycles. The molecule has 31 heavy (non-hydrogen) atoms. The lowest BCUT2D eigenvalue weighted by Gasteiger charge is -2.30. The molecule has 0 amide bonds. The van der Waals surface area contributed by atoms with Crippen molar-refractivity contribution in [3.05, 3.63) is 84.0 Å². The van der Waals surface area contributed by atoms with Crippen molar-refractivity contribution in [2.75, 3.05) is 19.8 Å². The minimum Gasteiger partial charge on any atom is -0.490 e. The lowest BCUT2D eigenvalue weighted by molar-refractivity contribution is -0.165. The predicted molar refractivity (Wildman–Crippen MR) is 123 cm³/mol. The normalized spacial score (nSPS) is 19.9. The molecule has 0 spiro atoms. The zero-order valence-electron chi connectivity index (χ0n) is 18.6. The van der Waals surface area contributed by atoms with Gasteiger partial charge in [-0.2, -0.15) is 0 Å². The van der Waals surface area contributed by atoms with Crippen LogP contribution in [0.15, 0.2) is 61.7 Å². The molecule has 0 aromatic heterocycles. The van der Waals surface area contributed by atoms with Crippen molar-refractivity contribution in [3.63, 3.8) is 0 Å². The fourth-order valence-corrected chi connectivity index (χ4v) is 3.78. The summed E-state index contributed by atoms with van der Waals surface area (Å²) in [5.74, 6) is 1.79. The summed E-state index contributed by atoms with van der Waals surface area (Å²) >= 11 is 0. The van der Waals surface area contributed by atoms with Crippen LogP contribution in [0.4, 0.5) is 0 Å². The Morgan fingerprint density at radius 2 is 1.55 bits per heavy atom. The third-order valence-electron chi connectivity index (χ3n) is 6.04. The van der Waals surface area contributed by atoms with Crippen LogP contribution in [-0.4, -0.2) is 32.2 Å². The van der Waals surface area contributed by atoms with E-state index in [1.165, 1.54) is 11.1 Å². The fourth-order valence-electron chi connectivity index (χ4n) is 3.78. The van der Waals surface area contributed by atoms with E-state index in [2.05, 4.69) is 63.4 Å². The molecular formula is C27H32O4. The van der Waals surface area contributed by atoms with Gasteiger partial charge in [0.05, 0.1) is 13.2 Å². The minimum absolute atomic E-state index is 0.127. The molecule has 0 bridgehead atoms. The van der Waals surface area contributed by atoms with Gasteiger partial charge in [0.25, 0.3) is 0 Å². The Labute approximate surface area is 185 Å². The lowest BCUT2D eigenvalue weighted by Crippen LogP contribution is -2.32. The standard InChI is InChI=1S/C27H32O4/c1-5-7-19-15-21(9-11-24(19)30-18-23-17-29-23)27(3,4)22-10-12-25(20(16-22)8-6-2)31-26-13-14-28-26/h5-6,9-12,15-16,23,26H,1-2,7-8,13-14,17-18H2,3-4H3. The number of epoxide rings is 1. The highest BCUT2D eigenvalue weighted by molar-refractivity contribution is 5.48. The highest BCUT2D eigenvalue weighted by Gasteiger charge is 2.27. The van der Waals surface area contributed by atoms with E-state index >= 15 is 0 Å². The summed E-state index contributed by atoms with van der Waals surface area (Å²) in [6, 6.07) is 12.9. The molecule has 0 N–H and O–H groups in total. The van der Waals surface area contributed by atoms with Gasteiger partial charge in [0, 0.05) is 11.8 Å². The van der Waals surface area contributed by atoms with Crippen LogP contribution in [0.2, 0.25) is 0 Å². The second-order valence-corrected chi connectivity index (χ2v) is 8.73. The van der Waals surface area contributed by atoms with Gasteiger partial charge in [-0.3, -0.25) is 0 Å². The minimum atomic E-state index is -0.185. The second-order valence-electron chi connectivity index (χ2n) is 8.73. The van der Waals surface area contributed by atoms with Crippen LogP contribution < -0.4 is 9.47 Å². The van der Waals surface area contributed by atoms with Gasteiger partial charge in [0.1, 0.15) is 24.2 Å². The fraction of sp³-hybridized carbons (Fsp3) is 0.407. The number of rotatable bonds is 11. The summed E-state index contributed by atoms with van der Waals surface area (Å²) in [4.78, 5) is 0. The van der Waals surface area contributed by atoms with Crippen molar-refractivity contribution in [1.82, 2.24) is 0 Å². The van der Waals surface area contributed by atoms with Crippen LogP contribution >= 0.6 is 0 Å². The molecule has 2 saturated heterocycles. The Morgan fingerprint density at radius 3 is 2.06 bits per heavy atom. The third kappa shape index (κ3) is 5.03. The van der Waals surface area contributed by atoms with Gasteiger partial charge in [0.2, 0.25) is 6.29 Å². The molecule has 4 nitrogen and oxygen atoms in total. The second kappa shape index (κ2) is 9.29. The molecule has 4 heteroatoms. The summed E-state index contributed by atoms with van der Waals surface area (Å²) in [5, 5.41) is 0. The first kappa shape index (κ1) is 21.7. The van der Waals surface area contributed by atoms with Crippen LogP contribution in [0, 0.1) is 0 Å². The maximum Gasteiger partial charge on any atom is 0.202 e. The van der Waals surface area contributed by atoms with E-state index < -0.39 is 0 Å². The maximum atomic E-state index is 6.02. The molecule has 2 aliphatic heterocycles. The van der Waals surface area contributed by atoms with Gasteiger partial charge in [0.15, 0.2) is 0 Å². The molecule has 4 rings (SSSR count). The zero-order valence-corrected chi connectivity index (χ0v) is 18.6. The quantitative estimate of drug-likeness (QED) is 0.362. The topological polar surface area (TPSA) is 40.2 Å². The molecule has 2 unspecified atom stereocenters. The molecule has 2 atom stereocenters. The van der Waals surface area contributed by atoms with Crippen molar-refractivity contribution in [3.8, 4) is 11.5 Å². The molecular weight excluding hydrogens is 388 g/mol. The van der Waals surface area contributed by atoms with Gasteiger partial charge >= 0.3 is 0 Å². The van der Waals surface area contributed by atoms with Gasteiger partial charge in [-0.25, -0.2) is 0 Å². The molecule has 0 radical (unpaired) electrons. The summed E-state index contributed by atoms with van der Waals surface area (Å²) in [6.07, 6.45) is 6.40. The Balaban J connectivity index is 1.61. The molecule has 0 aliphatic carbocycles. The Hall–Kier alpha value is -2.56. The largest absolute Gasteiger partial charge is 0.490 e. The van der Waals surface area contributed by atoms with E-state index in [0.717, 1.165) is 55.1 Å². The molecule has 2 aromatic rings. The van der Waals surface area contributed by atoms with Crippen LogP contribution in [-0.2, 0) is 27.7 Å². The smallest absolute Gasteiger partial charge is 0.202 e. The van der Waals surface area contributed by atoms with Crippen molar-refractivity contribution in [2.24, 2.45) is 0 Å².